The van der Waals surface area contributed by atoms with Gasteiger partial charge in [0.15, 0.2) is 0 Å². The molecule has 0 spiro atoms. The van der Waals surface area contributed by atoms with E-state index < -0.39 is 32.7 Å². The fraction of sp³-hybridized carbons (Fsp3) is 0.136. The molecule has 0 bridgehead atoms. The third kappa shape index (κ3) is 6.40. The summed E-state index contributed by atoms with van der Waals surface area (Å²) >= 11 is 11.5. The molecular formula is C22H17Cl2F3N2O3S. The minimum Gasteiger partial charge on any atom is -0.322 e. The Kier molecular flexibility index (Phi) is 7.26. The quantitative estimate of drug-likeness (QED) is 0.422. The molecule has 0 unspecified atom stereocenters. The van der Waals surface area contributed by atoms with Gasteiger partial charge in [0.2, 0.25) is 10.0 Å². The maximum Gasteiger partial charge on any atom is 0.417 e. The van der Waals surface area contributed by atoms with E-state index in [-0.39, 0.29) is 17.8 Å². The number of nitrogens with zero attached hydrogens (tertiary/aromatic N) is 1. The van der Waals surface area contributed by atoms with Gasteiger partial charge in [-0.1, -0.05) is 35.3 Å². The van der Waals surface area contributed by atoms with E-state index in [1.165, 1.54) is 30.3 Å². The van der Waals surface area contributed by atoms with Crippen LogP contribution in [0.3, 0.4) is 0 Å². The molecule has 3 rings (SSSR count). The molecule has 3 aromatic carbocycles. The van der Waals surface area contributed by atoms with Gasteiger partial charge in [-0.15, -0.1) is 0 Å². The first kappa shape index (κ1) is 24.9. The second-order valence-corrected chi connectivity index (χ2v) is 9.84. The van der Waals surface area contributed by atoms with Crippen LogP contribution < -0.4 is 9.62 Å². The largest absolute Gasteiger partial charge is 0.417 e. The van der Waals surface area contributed by atoms with Gasteiger partial charge in [-0.2, -0.15) is 13.2 Å². The second kappa shape index (κ2) is 9.62. The Hall–Kier alpha value is -2.75. The highest BCUT2D eigenvalue weighted by molar-refractivity contribution is 7.92. The lowest BCUT2D eigenvalue weighted by atomic mass is 10.1. The first-order chi connectivity index (χ1) is 15.3. The molecule has 11 heteroatoms. The van der Waals surface area contributed by atoms with E-state index in [2.05, 4.69) is 5.32 Å². The highest BCUT2D eigenvalue weighted by atomic mass is 35.5. The van der Waals surface area contributed by atoms with Crippen LogP contribution >= 0.6 is 23.2 Å². The zero-order valence-electron chi connectivity index (χ0n) is 17.0. The Labute approximate surface area is 198 Å². The topological polar surface area (TPSA) is 66.5 Å². The molecule has 0 saturated heterocycles. The number of rotatable bonds is 6. The summed E-state index contributed by atoms with van der Waals surface area (Å²) in [5.41, 5.74) is -0.00323. The fourth-order valence-electron chi connectivity index (χ4n) is 2.96. The van der Waals surface area contributed by atoms with Crippen molar-refractivity contribution in [3.05, 3.63) is 93.5 Å². The van der Waals surface area contributed by atoms with Crippen LogP contribution in [0.4, 0.5) is 24.5 Å². The number of hydrogen-bond donors (Lipinski definition) is 1. The molecular weight excluding hydrogens is 500 g/mol. The molecule has 0 aliphatic rings. The van der Waals surface area contributed by atoms with E-state index in [1.807, 2.05) is 0 Å². The molecule has 0 aliphatic heterocycles. The molecule has 33 heavy (non-hydrogen) atoms. The van der Waals surface area contributed by atoms with Crippen LogP contribution in [0.1, 0.15) is 21.5 Å². The van der Waals surface area contributed by atoms with Crippen LogP contribution in [0.15, 0.2) is 66.7 Å². The lowest BCUT2D eigenvalue weighted by molar-refractivity contribution is -0.137. The highest BCUT2D eigenvalue weighted by Crippen LogP contribution is 2.36. The predicted octanol–water partition coefficient (Wildman–Crippen LogP) is 6.23. The lowest BCUT2D eigenvalue weighted by Crippen LogP contribution is -2.29. The van der Waals surface area contributed by atoms with Gasteiger partial charge < -0.3 is 5.32 Å². The van der Waals surface area contributed by atoms with E-state index >= 15 is 0 Å². The van der Waals surface area contributed by atoms with Crippen LogP contribution in [0.25, 0.3) is 0 Å². The van der Waals surface area contributed by atoms with Gasteiger partial charge in [0.05, 0.1) is 29.1 Å². The molecule has 0 radical (unpaired) electrons. The Morgan fingerprint density at radius 2 is 1.58 bits per heavy atom. The van der Waals surface area contributed by atoms with Crippen LogP contribution in [0.2, 0.25) is 10.0 Å². The summed E-state index contributed by atoms with van der Waals surface area (Å²) in [6.07, 6.45) is -3.61. The monoisotopic (exact) mass is 516 g/mol. The Balaban J connectivity index is 1.80. The van der Waals surface area contributed by atoms with Crippen LogP contribution in [0.5, 0.6) is 0 Å². The summed E-state index contributed by atoms with van der Waals surface area (Å²) in [4.78, 5) is 12.5. The minimum absolute atomic E-state index is 0.0482. The first-order valence-corrected chi connectivity index (χ1v) is 12.0. The number of benzene rings is 3. The van der Waals surface area contributed by atoms with E-state index in [0.29, 0.717) is 16.3 Å². The number of sulfonamides is 1. The van der Waals surface area contributed by atoms with E-state index in [4.69, 9.17) is 23.2 Å². The Bertz CT molecular complexity index is 1260. The molecule has 0 aromatic heterocycles. The van der Waals surface area contributed by atoms with Crippen LogP contribution in [-0.4, -0.2) is 20.6 Å². The average Bonchev–Trinajstić information content (AvgIpc) is 2.73. The Morgan fingerprint density at radius 3 is 2.12 bits per heavy atom. The predicted molar refractivity (Wildman–Crippen MR) is 123 cm³/mol. The number of carbonyl (C=O) groups is 1. The first-order valence-electron chi connectivity index (χ1n) is 9.35. The highest BCUT2D eigenvalue weighted by Gasteiger charge is 2.33. The molecule has 0 saturated carbocycles. The second-order valence-electron chi connectivity index (χ2n) is 7.09. The number of halogens is 5. The molecule has 1 N–H and O–H groups in total. The summed E-state index contributed by atoms with van der Waals surface area (Å²) in [7, 11) is -3.65. The molecule has 0 fully saturated rings. The van der Waals surface area contributed by atoms with Crippen molar-refractivity contribution >= 4 is 50.5 Å². The third-order valence-corrected chi connectivity index (χ3v) is 6.31. The van der Waals surface area contributed by atoms with Gasteiger partial charge in [0, 0.05) is 16.3 Å². The standard InChI is InChI=1S/C22H17Cl2F3N2O3S/c1-33(31,32)29(13-14-2-6-16(23)7-3-14)18-9-4-15(5-10-18)21(30)28-17-8-11-20(24)19(12-17)22(25,26)27/h2-12H,13H2,1H3,(H,28,30). The molecule has 5 nitrogen and oxygen atoms in total. The number of carbonyl (C=O) groups excluding carboxylic acids is 1. The van der Waals surface area contributed by atoms with Gasteiger partial charge in [0.25, 0.3) is 5.91 Å². The summed E-state index contributed by atoms with van der Waals surface area (Å²) in [5, 5.41) is 2.42. The van der Waals surface area contributed by atoms with Crippen molar-refractivity contribution in [1.82, 2.24) is 0 Å². The van der Waals surface area contributed by atoms with Crippen molar-refractivity contribution in [2.45, 2.75) is 12.7 Å². The average molecular weight is 517 g/mol. The molecule has 1 amide bonds. The van der Waals surface area contributed by atoms with Gasteiger partial charge in [-0.3, -0.25) is 9.10 Å². The summed E-state index contributed by atoms with van der Waals surface area (Å²) in [6.45, 7) is 0.0482. The normalized spacial score (nSPS) is 11.8. The lowest BCUT2D eigenvalue weighted by Gasteiger charge is -2.23. The van der Waals surface area contributed by atoms with Crippen molar-refractivity contribution in [2.24, 2.45) is 0 Å². The van der Waals surface area contributed by atoms with Crippen molar-refractivity contribution in [1.29, 1.82) is 0 Å². The molecule has 3 aromatic rings. The summed E-state index contributed by atoms with van der Waals surface area (Å²) in [6, 6.07) is 15.4. The fourth-order valence-corrected chi connectivity index (χ4v) is 4.20. The smallest absolute Gasteiger partial charge is 0.322 e. The van der Waals surface area contributed by atoms with E-state index in [1.54, 1.807) is 24.3 Å². The SMILES string of the molecule is CS(=O)(=O)N(Cc1ccc(Cl)cc1)c1ccc(C(=O)Nc2ccc(Cl)c(C(F)(F)F)c2)cc1. The Morgan fingerprint density at radius 1 is 0.970 bits per heavy atom. The number of nitrogens with one attached hydrogen (secondary N) is 1. The zero-order chi connectivity index (χ0) is 24.4. The van der Waals surface area contributed by atoms with E-state index in [9.17, 15) is 26.4 Å². The molecule has 0 aliphatic carbocycles. The van der Waals surface area contributed by atoms with Crippen molar-refractivity contribution in [2.75, 3.05) is 15.9 Å². The zero-order valence-corrected chi connectivity index (χ0v) is 19.4. The molecule has 0 heterocycles. The molecule has 174 valence electrons. The van der Waals surface area contributed by atoms with Gasteiger partial charge in [0.1, 0.15) is 0 Å². The molecule has 0 atom stereocenters. The number of alkyl halides is 3. The van der Waals surface area contributed by atoms with Crippen LogP contribution in [0, 0.1) is 0 Å². The van der Waals surface area contributed by atoms with Crippen molar-refractivity contribution < 1.29 is 26.4 Å². The maximum absolute atomic E-state index is 13.0. The third-order valence-electron chi connectivity index (χ3n) is 4.59. The van der Waals surface area contributed by atoms with Gasteiger partial charge >= 0.3 is 6.18 Å². The number of anilines is 2. The van der Waals surface area contributed by atoms with Gasteiger partial charge in [-0.05, 0) is 60.2 Å². The minimum atomic E-state index is -4.67. The van der Waals surface area contributed by atoms with Crippen molar-refractivity contribution in [3.63, 3.8) is 0 Å². The van der Waals surface area contributed by atoms with Crippen molar-refractivity contribution in [3.8, 4) is 0 Å². The van der Waals surface area contributed by atoms with Crippen LogP contribution in [-0.2, 0) is 22.7 Å². The summed E-state index contributed by atoms with van der Waals surface area (Å²) < 4.78 is 64.9. The number of hydrogen-bond acceptors (Lipinski definition) is 3. The van der Waals surface area contributed by atoms with Gasteiger partial charge in [-0.25, -0.2) is 8.42 Å². The number of amides is 1. The summed E-state index contributed by atoms with van der Waals surface area (Å²) in [5.74, 6) is -0.666. The maximum atomic E-state index is 13.0. The van der Waals surface area contributed by atoms with E-state index in [0.717, 1.165) is 22.7 Å².